The summed E-state index contributed by atoms with van der Waals surface area (Å²) in [6, 6.07) is 0.0524. The van der Waals surface area contributed by atoms with E-state index in [1.165, 1.54) is 0 Å². The molecule has 12 heteroatoms. The van der Waals surface area contributed by atoms with Gasteiger partial charge in [0.25, 0.3) is 0 Å². The first-order chi connectivity index (χ1) is 15.4. The second kappa shape index (κ2) is 10.8. The molecule has 4 aliphatic rings. The second-order valence-electron chi connectivity index (χ2n) is 8.45. The number of amidine groups is 2. The average molecular weight is 491 g/mol. The van der Waals surface area contributed by atoms with Gasteiger partial charge in [0, 0.05) is 19.5 Å². The Labute approximate surface area is 197 Å². The number of aliphatic imine (C=N–C) groups is 2. The predicted molar refractivity (Wildman–Crippen MR) is 125 cm³/mol. The number of aliphatic hydroxyl groups excluding tert-OH is 2. The highest BCUT2D eigenvalue weighted by Gasteiger charge is 2.48. The van der Waals surface area contributed by atoms with Gasteiger partial charge in [0.15, 0.2) is 10.3 Å². The smallest absolute Gasteiger partial charge is 0.159 e. The summed E-state index contributed by atoms with van der Waals surface area (Å²) in [4.78, 5) is 20.3. The van der Waals surface area contributed by atoms with Crippen molar-refractivity contribution in [3.63, 3.8) is 0 Å². The lowest BCUT2D eigenvalue weighted by Crippen LogP contribution is -2.54. The maximum absolute atomic E-state index is 10.6. The van der Waals surface area contributed by atoms with E-state index in [0.29, 0.717) is 25.9 Å². The van der Waals surface area contributed by atoms with Crippen molar-refractivity contribution in [2.75, 3.05) is 13.1 Å². The van der Waals surface area contributed by atoms with Crippen molar-refractivity contribution in [2.24, 2.45) is 9.98 Å². The lowest BCUT2D eigenvalue weighted by atomic mass is 9.98. The Bertz CT molecular complexity index is 714. The third-order valence-corrected chi connectivity index (χ3v) is 8.20. The first-order valence-electron chi connectivity index (χ1n) is 11.3. The largest absolute Gasteiger partial charge is 0.391 e. The van der Waals surface area contributed by atoms with E-state index < -0.39 is 36.6 Å². The molecular weight excluding hydrogens is 456 g/mol. The molecule has 32 heavy (non-hydrogen) atoms. The highest BCUT2D eigenvalue weighted by Crippen LogP contribution is 2.37. The number of fused-ring (bicyclic) bond motifs is 2. The zero-order valence-electron chi connectivity index (χ0n) is 18.8. The van der Waals surface area contributed by atoms with Crippen LogP contribution < -0.4 is 10.6 Å². The molecule has 4 heterocycles. The lowest BCUT2D eigenvalue weighted by Gasteiger charge is -2.40. The third-order valence-electron chi connectivity index (χ3n) is 5.91. The monoisotopic (exact) mass is 490 g/mol. The maximum atomic E-state index is 10.6. The Balaban J connectivity index is 1.34. The van der Waals surface area contributed by atoms with E-state index in [0.717, 1.165) is 10.3 Å². The second-order valence-corrected chi connectivity index (χ2v) is 10.6. The van der Waals surface area contributed by atoms with E-state index in [2.05, 4.69) is 20.6 Å². The van der Waals surface area contributed by atoms with Crippen LogP contribution in [-0.2, 0) is 19.2 Å². The Kier molecular flexibility index (Phi) is 8.25. The van der Waals surface area contributed by atoms with E-state index in [9.17, 15) is 10.2 Å². The molecule has 0 amide bonds. The topological polar surface area (TPSA) is 126 Å². The van der Waals surface area contributed by atoms with Crippen molar-refractivity contribution in [2.45, 2.75) is 100 Å². The molecule has 0 bridgehead atoms. The van der Waals surface area contributed by atoms with Crippen molar-refractivity contribution >= 4 is 33.9 Å². The highest BCUT2D eigenvalue weighted by molar-refractivity contribution is 8.14. The first-order valence-corrected chi connectivity index (χ1v) is 13.1. The summed E-state index contributed by atoms with van der Waals surface area (Å²) in [7, 11) is 0. The molecule has 0 aromatic rings. The van der Waals surface area contributed by atoms with E-state index in [1.807, 2.05) is 20.8 Å². The molecule has 0 spiro atoms. The van der Waals surface area contributed by atoms with Crippen LogP contribution >= 0.6 is 23.5 Å². The van der Waals surface area contributed by atoms with Crippen molar-refractivity contribution in [3.05, 3.63) is 0 Å². The third kappa shape index (κ3) is 5.38. The van der Waals surface area contributed by atoms with Gasteiger partial charge in [0.05, 0.1) is 24.3 Å². The van der Waals surface area contributed by atoms with Gasteiger partial charge in [-0.15, -0.1) is 0 Å². The van der Waals surface area contributed by atoms with Gasteiger partial charge in [0.1, 0.15) is 35.3 Å². The van der Waals surface area contributed by atoms with Gasteiger partial charge in [-0.3, -0.25) is 9.98 Å². The molecule has 4 saturated heterocycles. The molecule has 0 aliphatic carbocycles. The number of rotatable bonds is 7. The van der Waals surface area contributed by atoms with E-state index in [4.69, 9.17) is 19.2 Å². The van der Waals surface area contributed by atoms with Gasteiger partial charge in [-0.25, -0.2) is 9.78 Å². The summed E-state index contributed by atoms with van der Waals surface area (Å²) in [6.07, 6.45) is -2.28. The van der Waals surface area contributed by atoms with Crippen LogP contribution in [0, 0.1) is 0 Å². The van der Waals surface area contributed by atoms with Crippen LogP contribution in [0.1, 0.15) is 40.5 Å². The molecule has 0 aromatic heterocycles. The summed E-state index contributed by atoms with van der Waals surface area (Å²) < 4.78 is 12.2. The number of thioether (sulfide) groups is 2. The fourth-order valence-electron chi connectivity index (χ4n) is 4.37. The summed E-state index contributed by atoms with van der Waals surface area (Å²) >= 11 is 3.08. The molecule has 0 saturated carbocycles. The van der Waals surface area contributed by atoms with Gasteiger partial charge in [-0.2, -0.15) is 0 Å². The van der Waals surface area contributed by atoms with E-state index >= 15 is 0 Å². The van der Waals surface area contributed by atoms with Gasteiger partial charge in [-0.05, 0) is 34.1 Å². The fourth-order valence-corrected chi connectivity index (χ4v) is 6.71. The Morgan fingerprint density at radius 1 is 1.00 bits per heavy atom. The van der Waals surface area contributed by atoms with E-state index in [-0.39, 0.29) is 23.0 Å². The molecule has 0 radical (unpaired) electrons. The van der Waals surface area contributed by atoms with Gasteiger partial charge in [0.2, 0.25) is 0 Å². The molecule has 4 N–H and O–H groups in total. The number of nitrogens with zero attached hydrogens (tertiary/aromatic N) is 2. The van der Waals surface area contributed by atoms with Crippen molar-refractivity contribution in [3.8, 4) is 0 Å². The van der Waals surface area contributed by atoms with Crippen LogP contribution in [-0.4, -0.2) is 93.2 Å². The van der Waals surface area contributed by atoms with Crippen LogP contribution in [0.4, 0.5) is 0 Å². The molecule has 0 aromatic carbocycles. The van der Waals surface area contributed by atoms with Crippen LogP contribution in [0.2, 0.25) is 0 Å². The summed E-state index contributed by atoms with van der Waals surface area (Å²) in [6.45, 7) is 8.87. The van der Waals surface area contributed by atoms with Crippen molar-refractivity contribution in [1.82, 2.24) is 10.6 Å². The molecule has 182 valence electrons. The van der Waals surface area contributed by atoms with Crippen molar-refractivity contribution < 1.29 is 29.5 Å². The number of aliphatic hydroxyl groups is 2. The summed E-state index contributed by atoms with van der Waals surface area (Å²) in [5.41, 5.74) is -0.247. The molecule has 10 nitrogen and oxygen atoms in total. The van der Waals surface area contributed by atoms with E-state index in [1.54, 1.807) is 30.4 Å². The average Bonchev–Trinajstić information content (AvgIpc) is 3.33. The SMILES string of the molecule is CCN=C1NC2CC(O)C(C(C)OOC3CC4NC(=NCC)SC4OC3C(C)O)OC2S1. The van der Waals surface area contributed by atoms with Gasteiger partial charge < -0.3 is 30.3 Å². The van der Waals surface area contributed by atoms with Crippen LogP contribution in [0.5, 0.6) is 0 Å². The zero-order valence-corrected chi connectivity index (χ0v) is 20.5. The minimum Gasteiger partial charge on any atom is -0.391 e. The predicted octanol–water partition coefficient (Wildman–Crippen LogP) is 0.825. The van der Waals surface area contributed by atoms with Crippen LogP contribution in [0.3, 0.4) is 0 Å². The van der Waals surface area contributed by atoms with Crippen molar-refractivity contribution in [1.29, 1.82) is 0 Å². The molecule has 10 unspecified atom stereocenters. The Morgan fingerprint density at radius 2 is 1.56 bits per heavy atom. The molecule has 4 fully saturated rings. The standard InChI is InChI=1S/C20H34N4O6S2/c1-5-21-19-23-11-7-13(26)16(28-17(11)31-19)10(4)29-30-14-8-12-18(27-15(14)9(3)25)32-20(24-12)22-6-2/h9-18,25-26H,5-8H2,1-4H3,(H,21,23)(H,22,24). The minimum atomic E-state index is -0.720. The normalized spacial score (nSPS) is 43.4. The molecular formula is C20H34N4O6S2. The van der Waals surface area contributed by atoms with Gasteiger partial charge in [-0.1, -0.05) is 23.5 Å². The molecule has 4 aliphatic heterocycles. The first kappa shape index (κ1) is 24.5. The lowest BCUT2D eigenvalue weighted by molar-refractivity contribution is -0.389. The Hall–Kier alpha value is -0.600. The maximum Gasteiger partial charge on any atom is 0.159 e. The van der Waals surface area contributed by atoms with Crippen LogP contribution in [0.15, 0.2) is 9.98 Å². The number of hydrogen-bond acceptors (Lipinski definition) is 10. The Morgan fingerprint density at radius 3 is 2.12 bits per heavy atom. The summed E-state index contributed by atoms with van der Waals surface area (Å²) in [5.74, 6) is 0. The molecule has 4 rings (SSSR count). The minimum absolute atomic E-state index is 0.0258. The number of ether oxygens (including phenoxy) is 2. The zero-order chi connectivity index (χ0) is 22.8. The fraction of sp³-hybridized carbons (Fsp3) is 0.900. The van der Waals surface area contributed by atoms with Gasteiger partial charge >= 0.3 is 0 Å². The molecule has 10 atom stereocenters. The number of nitrogens with one attached hydrogen (secondary N) is 2. The number of hydrogen-bond donors (Lipinski definition) is 4. The van der Waals surface area contributed by atoms with Crippen LogP contribution in [0.25, 0.3) is 0 Å². The summed E-state index contributed by atoms with van der Waals surface area (Å²) in [5, 5.41) is 29.3. The quantitative estimate of drug-likeness (QED) is 0.301. The highest BCUT2D eigenvalue weighted by atomic mass is 32.2.